The van der Waals surface area contributed by atoms with Gasteiger partial charge in [0.2, 0.25) is 5.91 Å². The first-order valence-electron chi connectivity index (χ1n) is 10.9. The Labute approximate surface area is 189 Å². The summed E-state index contributed by atoms with van der Waals surface area (Å²) >= 11 is 5.90. The highest BCUT2D eigenvalue weighted by Crippen LogP contribution is 2.16. The lowest BCUT2D eigenvalue weighted by molar-refractivity contribution is -0.134. The van der Waals surface area contributed by atoms with E-state index in [2.05, 4.69) is 19.7 Å². The number of carbonyl (C=O) groups is 1. The number of rotatable bonds is 7. The first kappa shape index (κ1) is 21.9. The second-order valence-corrected chi connectivity index (χ2v) is 8.41. The van der Waals surface area contributed by atoms with Gasteiger partial charge in [0.15, 0.2) is 0 Å². The average molecular weight is 444 g/mol. The molecule has 0 aliphatic carbocycles. The van der Waals surface area contributed by atoms with Crippen molar-refractivity contribution in [3.8, 4) is 5.75 Å². The van der Waals surface area contributed by atoms with Gasteiger partial charge in [-0.1, -0.05) is 17.7 Å². The van der Waals surface area contributed by atoms with E-state index in [0.29, 0.717) is 18.2 Å². The predicted octanol–water partition coefficient (Wildman–Crippen LogP) is 2.08. The molecule has 2 fully saturated rings. The molecule has 7 nitrogen and oxygen atoms in total. The molecule has 0 saturated carbocycles. The van der Waals surface area contributed by atoms with Crippen LogP contribution in [-0.2, 0) is 4.79 Å². The van der Waals surface area contributed by atoms with E-state index < -0.39 is 0 Å². The first-order valence-corrected chi connectivity index (χ1v) is 11.3. The fraction of sp³-hybridized carbons (Fsp3) is 0.478. The molecule has 0 unspecified atom stereocenters. The molecule has 2 aliphatic rings. The highest BCUT2D eigenvalue weighted by atomic mass is 35.5. The number of hydrogen-bond acceptors (Lipinski definition) is 6. The second-order valence-electron chi connectivity index (χ2n) is 7.98. The summed E-state index contributed by atoms with van der Waals surface area (Å²) < 4.78 is 5.78. The predicted molar refractivity (Wildman–Crippen MR) is 123 cm³/mol. The van der Waals surface area contributed by atoms with Crippen molar-refractivity contribution < 1.29 is 9.53 Å². The largest absolute Gasteiger partial charge is 0.492 e. The number of benzene rings is 1. The van der Waals surface area contributed by atoms with Crippen molar-refractivity contribution in [1.82, 2.24) is 19.7 Å². The molecule has 0 N–H and O–H groups in total. The summed E-state index contributed by atoms with van der Waals surface area (Å²) in [5.41, 5.74) is 0. The fourth-order valence-electron chi connectivity index (χ4n) is 4.01. The third-order valence-electron chi connectivity index (χ3n) is 5.92. The molecule has 166 valence electrons. The van der Waals surface area contributed by atoms with E-state index in [1.807, 2.05) is 53.6 Å². The first-order chi connectivity index (χ1) is 15.2. The molecule has 0 bridgehead atoms. The molecular formula is C23H30ClN5O2. The minimum atomic E-state index is 0.239. The number of amides is 1. The number of carbonyl (C=O) groups excluding carboxylic acids is 1. The molecule has 1 amide bonds. The molecule has 0 atom stereocenters. The summed E-state index contributed by atoms with van der Waals surface area (Å²) in [5, 5.41) is 0.711. The Kier molecular flexibility index (Phi) is 7.61. The van der Waals surface area contributed by atoms with Crippen LogP contribution in [0, 0.1) is 0 Å². The van der Waals surface area contributed by atoms with Crippen molar-refractivity contribution in [1.29, 1.82) is 0 Å². The average Bonchev–Trinajstić information content (AvgIpc) is 2.82. The van der Waals surface area contributed by atoms with Crippen molar-refractivity contribution in [2.75, 3.05) is 77.0 Å². The van der Waals surface area contributed by atoms with E-state index in [9.17, 15) is 4.79 Å². The summed E-state index contributed by atoms with van der Waals surface area (Å²) in [6, 6.07) is 13.4. The second kappa shape index (κ2) is 10.8. The molecule has 4 rings (SSSR count). The zero-order valence-corrected chi connectivity index (χ0v) is 18.6. The topological polar surface area (TPSA) is 52.2 Å². The van der Waals surface area contributed by atoms with E-state index in [0.717, 1.165) is 70.5 Å². The Morgan fingerprint density at radius 3 is 2.29 bits per heavy atom. The van der Waals surface area contributed by atoms with Gasteiger partial charge in [0.1, 0.15) is 18.2 Å². The van der Waals surface area contributed by atoms with Crippen LogP contribution in [0.25, 0.3) is 0 Å². The van der Waals surface area contributed by atoms with E-state index in [-0.39, 0.29) is 5.91 Å². The van der Waals surface area contributed by atoms with Gasteiger partial charge in [0.25, 0.3) is 0 Å². The van der Waals surface area contributed by atoms with E-state index in [1.165, 1.54) is 0 Å². The Bertz CT molecular complexity index is 820. The van der Waals surface area contributed by atoms with Gasteiger partial charge >= 0.3 is 0 Å². The normalized spacial score (nSPS) is 18.2. The van der Waals surface area contributed by atoms with Crippen LogP contribution < -0.4 is 9.64 Å². The SMILES string of the molecule is O=C(CN1CCN(c2ccccn2)CC1)N1CCN(CCOc2ccc(Cl)cc2)CC1. The summed E-state index contributed by atoms with van der Waals surface area (Å²) in [7, 11) is 0. The van der Waals surface area contributed by atoms with Crippen molar-refractivity contribution >= 4 is 23.3 Å². The Morgan fingerprint density at radius 2 is 1.61 bits per heavy atom. The summed E-state index contributed by atoms with van der Waals surface area (Å²) in [4.78, 5) is 26.1. The van der Waals surface area contributed by atoms with Gasteiger partial charge in [0.05, 0.1) is 6.54 Å². The lowest BCUT2D eigenvalue weighted by Crippen LogP contribution is -2.54. The summed E-state index contributed by atoms with van der Waals surface area (Å²) in [6.07, 6.45) is 1.83. The maximum Gasteiger partial charge on any atom is 0.236 e. The van der Waals surface area contributed by atoms with Gasteiger partial charge in [-0.25, -0.2) is 4.98 Å². The Hall–Kier alpha value is -2.35. The third kappa shape index (κ3) is 6.32. The number of piperazine rings is 2. The molecule has 0 radical (unpaired) electrons. The van der Waals surface area contributed by atoms with Gasteiger partial charge in [-0.2, -0.15) is 0 Å². The van der Waals surface area contributed by atoms with Gasteiger partial charge in [0, 0.05) is 70.1 Å². The van der Waals surface area contributed by atoms with Crippen LogP contribution in [0.5, 0.6) is 5.75 Å². The quantitative estimate of drug-likeness (QED) is 0.653. The molecule has 2 saturated heterocycles. The standard InChI is InChI=1S/C23H30ClN5O2/c24-20-4-6-21(7-5-20)31-18-17-26-9-15-29(16-10-26)23(30)19-27-11-13-28(14-12-27)22-3-1-2-8-25-22/h1-8H,9-19H2. The zero-order chi connectivity index (χ0) is 21.5. The minimum absolute atomic E-state index is 0.239. The smallest absolute Gasteiger partial charge is 0.236 e. The van der Waals surface area contributed by atoms with E-state index in [1.54, 1.807) is 0 Å². The van der Waals surface area contributed by atoms with Crippen LogP contribution in [-0.4, -0.2) is 97.6 Å². The number of pyridine rings is 1. The number of anilines is 1. The molecule has 2 aromatic rings. The molecule has 1 aromatic heterocycles. The van der Waals surface area contributed by atoms with Crippen LogP contribution >= 0.6 is 11.6 Å². The fourth-order valence-corrected chi connectivity index (χ4v) is 4.14. The third-order valence-corrected chi connectivity index (χ3v) is 6.17. The van der Waals surface area contributed by atoms with E-state index >= 15 is 0 Å². The number of halogens is 1. The highest BCUT2D eigenvalue weighted by molar-refractivity contribution is 6.30. The molecular weight excluding hydrogens is 414 g/mol. The lowest BCUT2D eigenvalue weighted by atomic mass is 10.2. The van der Waals surface area contributed by atoms with Crippen LogP contribution in [0.2, 0.25) is 5.02 Å². The molecule has 2 aliphatic heterocycles. The molecule has 0 spiro atoms. The van der Waals surface area contributed by atoms with Crippen molar-refractivity contribution in [2.45, 2.75) is 0 Å². The van der Waals surface area contributed by atoms with Crippen LogP contribution in [0.1, 0.15) is 0 Å². The van der Waals surface area contributed by atoms with Gasteiger partial charge < -0.3 is 14.5 Å². The van der Waals surface area contributed by atoms with Crippen LogP contribution in [0.15, 0.2) is 48.7 Å². The van der Waals surface area contributed by atoms with Gasteiger partial charge in [-0.3, -0.25) is 14.6 Å². The molecule has 31 heavy (non-hydrogen) atoms. The molecule has 8 heteroatoms. The summed E-state index contributed by atoms with van der Waals surface area (Å²) in [6.45, 7) is 8.96. The molecule has 1 aromatic carbocycles. The van der Waals surface area contributed by atoms with Crippen molar-refractivity contribution in [3.05, 3.63) is 53.7 Å². The highest BCUT2D eigenvalue weighted by Gasteiger charge is 2.25. The monoisotopic (exact) mass is 443 g/mol. The minimum Gasteiger partial charge on any atom is -0.492 e. The molecule has 3 heterocycles. The number of ether oxygens (including phenoxy) is 1. The van der Waals surface area contributed by atoms with E-state index in [4.69, 9.17) is 16.3 Å². The number of aromatic nitrogens is 1. The summed E-state index contributed by atoms with van der Waals surface area (Å²) in [5.74, 6) is 2.09. The van der Waals surface area contributed by atoms with Crippen LogP contribution in [0.3, 0.4) is 0 Å². The number of nitrogens with zero attached hydrogens (tertiary/aromatic N) is 5. The maximum atomic E-state index is 12.8. The Balaban J connectivity index is 1.12. The maximum absolute atomic E-state index is 12.8. The van der Waals surface area contributed by atoms with Crippen molar-refractivity contribution in [2.24, 2.45) is 0 Å². The number of hydrogen-bond donors (Lipinski definition) is 0. The van der Waals surface area contributed by atoms with Crippen LogP contribution in [0.4, 0.5) is 5.82 Å². The zero-order valence-electron chi connectivity index (χ0n) is 17.8. The van der Waals surface area contributed by atoms with Gasteiger partial charge in [-0.15, -0.1) is 0 Å². The lowest BCUT2D eigenvalue weighted by Gasteiger charge is -2.38. The van der Waals surface area contributed by atoms with Crippen molar-refractivity contribution in [3.63, 3.8) is 0 Å². The van der Waals surface area contributed by atoms with Gasteiger partial charge in [-0.05, 0) is 36.4 Å². The Morgan fingerprint density at radius 1 is 0.903 bits per heavy atom.